The minimum absolute atomic E-state index is 0.246. The lowest BCUT2D eigenvalue weighted by Crippen LogP contribution is -2.24. The molecule has 0 amide bonds. The molecule has 6 nitrogen and oxygen atoms in total. The van der Waals surface area contributed by atoms with E-state index in [9.17, 15) is 14.2 Å². The fraction of sp³-hybridized carbons (Fsp3) is 0.500. The van der Waals surface area contributed by atoms with Gasteiger partial charge in [-0.05, 0) is 4.57 Å². The molecule has 0 aliphatic heterocycles. The molecule has 2 unspecified atom stereocenters. The first kappa shape index (κ1) is 13.6. The van der Waals surface area contributed by atoms with Gasteiger partial charge in [-0.1, -0.05) is 5.92 Å². The average Bonchev–Trinajstić information content (AvgIpc) is 2.21. The quantitative estimate of drug-likeness (QED) is 0.389. The van der Waals surface area contributed by atoms with Crippen molar-refractivity contribution in [1.82, 2.24) is 0 Å². The summed E-state index contributed by atoms with van der Waals surface area (Å²) in [6.07, 6.45) is 4.86. The minimum Gasteiger partial charge on any atom is -0.463 e. The highest BCUT2D eigenvalue weighted by molar-refractivity contribution is 7.41. The summed E-state index contributed by atoms with van der Waals surface area (Å²) < 4.78 is 24.6. The summed E-state index contributed by atoms with van der Waals surface area (Å²) in [5.74, 6) is -1.23. The first-order chi connectivity index (χ1) is 7.02. The summed E-state index contributed by atoms with van der Waals surface area (Å²) in [7, 11) is -1.47. The predicted octanol–water partition coefficient (Wildman–Crippen LogP) is 0.441. The Kier molecular flexibility index (Phi) is 6.27. The van der Waals surface area contributed by atoms with E-state index in [1.807, 2.05) is 0 Å². The van der Waals surface area contributed by atoms with Crippen LogP contribution in [0.3, 0.4) is 0 Å². The van der Waals surface area contributed by atoms with Gasteiger partial charge in [0.05, 0.1) is 7.11 Å². The molecule has 0 aromatic heterocycles. The fourth-order valence-electron chi connectivity index (χ4n) is 0.604. The fourth-order valence-corrected chi connectivity index (χ4v) is 1.45. The van der Waals surface area contributed by atoms with Crippen LogP contribution in [0.25, 0.3) is 0 Å². The molecule has 15 heavy (non-hydrogen) atoms. The van der Waals surface area contributed by atoms with E-state index in [1.165, 1.54) is 0 Å². The van der Waals surface area contributed by atoms with Crippen molar-refractivity contribution in [3.63, 3.8) is 0 Å². The van der Waals surface area contributed by atoms with E-state index in [-0.39, 0.29) is 6.61 Å². The van der Waals surface area contributed by atoms with E-state index < -0.39 is 25.8 Å². The number of hydrogen-bond donors (Lipinski definition) is 0. The van der Waals surface area contributed by atoms with Crippen molar-refractivity contribution in [2.45, 2.75) is 12.8 Å². The molecule has 0 aliphatic rings. The highest BCUT2D eigenvalue weighted by Gasteiger charge is 2.44. The van der Waals surface area contributed by atoms with E-state index in [2.05, 4.69) is 19.9 Å². The summed E-state index contributed by atoms with van der Waals surface area (Å²) in [6.45, 7) is 0.824. The van der Waals surface area contributed by atoms with Crippen LogP contribution in [0.5, 0.6) is 0 Å². The average molecular weight is 233 g/mol. The first-order valence-electron chi connectivity index (χ1n) is 3.80. The number of esters is 2. The second kappa shape index (κ2) is 6.93. The van der Waals surface area contributed by atoms with Crippen molar-refractivity contribution >= 4 is 20.0 Å². The molecule has 0 rings (SSSR count). The van der Waals surface area contributed by atoms with Gasteiger partial charge in [0, 0.05) is 6.92 Å². The molecule has 0 radical (unpaired) electrons. The lowest BCUT2D eigenvalue weighted by atomic mass is 10.7. The number of hydrogen-bond acceptors (Lipinski definition) is 6. The van der Waals surface area contributed by atoms with Gasteiger partial charge in [-0.25, -0.2) is 4.79 Å². The van der Waals surface area contributed by atoms with Crippen LogP contribution in [0.2, 0.25) is 0 Å². The normalized spacial score (nSPS) is 12.2. The summed E-state index contributed by atoms with van der Waals surface area (Å²) in [4.78, 5) is 21.6. The van der Waals surface area contributed by atoms with Crippen LogP contribution in [0, 0.1) is 12.3 Å². The van der Waals surface area contributed by atoms with E-state index in [4.69, 9.17) is 6.42 Å². The van der Waals surface area contributed by atoms with Gasteiger partial charge in [-0.2, -0.15) is 0 Å². The smallest absolute Gasteiger partial charge is 0.463 e. The zero-order chi connectivity index (χ0) is 11.8. The topological polar surface area (TPSA) is 78.9 Å². The van der Waals surface area contributed by atoms with Gasteiger partial charge in [0.25, 0.3) is 0 Å². The third kappa shape index (κ3) is 5.11. The van der Waals surface area contributed by atoms with Gasteiger partial charge >= 0.3 is 25.8 Å². The van der Waals surface area contributed by atoms with Crippen LogP contribution in [-0.2, 0) is 28.2 Å². The Morgan fingerprint density at radius 3 is 2.53 bits per heavy atom. The molecular formula is C8H10O6P+. The van der Waals surface area contributed by atoms with Crippen molar-refractivity contribution < 1.29 is 28.2 Å². The molecule has 0 bridgehead atoms. The minimum atomic E-state index is -2.54. The predicted molar refractivity (Wildman–Crippen MR) is 50.0 cm³/mol. The molecule has 0 spiro atoms. The zero-order valence-corrected chi connectivity index (χ0v) is 9.15. The number of carbonyl (C=O) groups excluding carboxylic acids is 2. The summed E-state index contributed by atoms with van der Waals surface area (Å²) >= 11 is 0. The van der Waals surface area contributed by atoms with Crippen LogP contribution in [0.4, 0.5) is 0 Å². The van der Waals surface area contributed by atoms with E-state index in [1.54, 1.807) is 0 Å². The number of ether oxygens (including phenoxy) is 2. The van der Waals surface area contributed by atoms with Crippen LogP contribution in [-0.4, -0.2) is 31.5 Å². The molecule has 82 valence electrons. The Morgan fingerprint density at radius 1 is 1.53 bits per heavy atom. The molecule has 0 N–H and O–H groups in total. The largest absolute Gasteiger partial charge is 0.567 e. The highest BCUT2D eigenvalue weighted by Crippen LogP contribution is 2.31. The van der Waals surface area contributed by atoms with Crippen molar-refractivity contribution in [3.05, 3.63) is 0 Å². The Balaban J connectivity index is 4.49. The Hall–Kier alpha value is -1.44. The van der Waals surface area contributed by atoms with Crippen LogP contribution < -0.4 is 0 Å². The first-order valence-corrected chi connectivity index (χ1v) is 5.05. The molecule has 0 aromatic rings. The van der Waals surface area contributed by atoms with Crippen molar-refractivity contribution in [3.8, 4) is 12.3 Å². The zero-order valence-electron chi connectivity index (χ0n) is 8.26. The molecule has 2 atom stereocenters. The van der Waals surface area contributed by atoms with Crippen LogP contribution >= 0.6 is 8.03 Å². The SMILES string of the molecule is C#CCO[P+](=O)C(OC(C)=O)C(=O)OC. The van der Waals surface area contributed by atoms with Crippen LogP contribution in [0.1, 0.15) is 6.92 Å². The van der Waals surface area contributed by atoms with Gasteiger partial charge in [0.1, 0.15) is 0 Å². The number of methoxy groups -OCH3 is 1. The van der Waals surface area contributed by atoms with Crippen molar-refractivity contribution in [1.29, 1.82) is 0 Å². The lowest BCUT2D eigenvalue weighted by molar-refractivity contribution is -0.159. The number of terminal acetylenes is 1. The maximum Gasteiger partial charge on any atom is 0.567 e. The van der Waals surface area contributed by atoms with Crippen molar-refractivity contribution in [2.24, 2.45) is 0 Å². The molecule has 0 saturated heterocycles. The van der Waals surface area contributed by atoms with Gasteiger partial charge in [0.15, 0.2) is 6.61 Å². The summed E-state index contributed by atoms with van der Waals surface area (Å²) in [5, 5.41) is 0. The van der Waals surface area contributed by atoms with E-state index in [0.717, 1.165) is 14.0 Å². The molecule has 0 aromatic carbocycles. The van der Waals surface area contributed by atoms with Gasteiger partial charge < -0.3 is 9.47 Å². The van der Waals surface area contributed by atoms with Crippen molar-refractivity contribution in [2.75, 3.05) is 13.7 Å². The molecule has 0 saturated carbocycles. The second-order valence-corrected chi connectivity index (χ2v) is 3.55. The molecule has 0 fully saturated rings. The molecule has 0 heterocycles. The third-order valence-corrected chi connectivity index (χ3v) is 2.23. The highest BCUT2D eigenvalue weighted by atomic mass is 31.1. The number of carbonyl (C=O) groups is 2. The van der Waals surface area contributed by atoms with Gasteiger partial charge in [-0.3, -0.25) is 4.79 Å². The van der Waals surface area contributed by atoms with E-state index in [0.29, 0.717) is 0 Å². The molecule has 0 aliphatic carbocycles. The van der Waals surface area contributed by atoms with Gasteiger partial charge in [0.2, 0.25) is 0 Å². The Bertz CT molecular complexity index is 305. The summed E-state index contributed by atoms with van der Waals surface area (Å²) in [6, 6.07) is 0. The second-order valence-electron chi connectivity index (χ2n) is 2.25. The lowest BCUT2D eigenvalue weighted by Gasteiger charge is -2.03. The van der Waals surface area contributed by atoms with E-state index >= 15 is 0 Å². The maximum absolute atomic E-state index is 11.3. The Morgan fingerprint density at radius 2 is 2.13 bits per heavy atom. The Labute approximate surface area is 87.7 Å². The number of rotatable bonds is 5. The van der Waals surface area contributed by atoms with Crippen LogP contribution in [0.15, 0.2) is 0 Å². The monoisotopic (exact) mass is 233 g/mol. The summed E-state index contributed by atoms with van der Waals surface area (Å²) in [5.41, 5.74) is 0. The van der Waals surface area contributed by atoms with Gasteiger partial charge in [-0.15, -0.1) is 10.9 Å². The third-order valence-electron chi connectivity index (χ3n) is 1.15. The standard InChI is InChI=1S/C8H10O6P/c1-4-5-13-15(11)8(7(10)12-3)14-6(2)9/h1,8H,5H2,2-3H3/q+1. The molecular weight excluding hydrogens is 223 g/mol. The maximum atomic E-state index is 11.3. The molecule has 7 heteroatoms.